The molecule has 8 heteroatoms. The average molecular weight is 438 g/mol. The highest BCUT2D eigenvalue weighted by Gasteiger charge is 2.35. The lowest BCUT2D eigenvalue weighted by atomic mass is 10.1. The minimum atomic E-state index is -0.395. The van der Waals surface area contributed by atoms with Gasteiger partial charge in [-0.3, -0.25) is 10.2 Å². The van der Waals surface area contributed by atoms with Crippen LogP contribution in [0.25, 0.3) is 11.8 Å². The molecule has 1 amide bonds. The molecule has 0 fully saturated rings. The van der Waals surface area contributed by atoms with Crippen molar-refractivity contribution in [2.75, 3.05) is 5.75 Å². The molecule has 154 valence electrons. The Labute approximate surface area is 184 Å². The molecule has 0 aliphatic carbocycles. The first-order chi connectivity index (χ1) is 14.3. The monoisotopic (exact) mass is 437 g/mol. The zero-order valence-electron chi connectivity index (χ0n) is 17.6. The number of benzene rings is 1. The second-order valence-corrected chi connectivity index (χ2v) is 9.67. The summed E-state index contributed by atoms with van der Waals surface area (Å²) in [5.41, 5.74) is 6.83. The number of carbonyl (C=O) groups is 1. The molecule has 2 aromatic rings. The summed E-state index contributed by atoms with van der Waals surface area (Å²) in [6.07, 6.45) is 1.76. The third-order valence-corrected chi connectivity index (χ3v) is 7.21. The van der Waals surface area contributed by atoms with E-state index in [4.69, 9.17) is 5.41 Å². The molecule has 3 heterocycles. The molecule has 0 radical (unpaired) electrons. The topological polar surface area (TPSA) is 73.8 Å². The van der Waals surface area contributed by atoms with Gasteiger partial charge < -0.3 is 4.57 Å². The number of rotatable bonds is 3. The van der Waals surface area contributed by atoms with E-state index in [1.807, 2.05) is 19.9 Å². The van der Waals surface area contributed by atoms with Crippen LogP contribution in [0.1, 0.15) is 35.0 Å². The fourth-order valence-electron chi connectivity index (χ4n) is 3.59. The molecule has 0 bridgehead atoms. The second kappa shape index (κ2) is 7.92. The molecule has 2 aliphatic heterocycles. The standard InChI is InChI=1S/C22H23N5OS2/c1-6-29-22-25-27-19(23)17(20(28)24-21(27)30-22)11-16-10-13(3)26(15(16)5)18-9-7-8-12(2)14(18)4/h7-11,23H,6H2,1-5H3. The average Bonchev–Trinajstić information content (AvgIpc) is 3.22. The van der Waals surface area contributed by atoms with Crippen LogP contribution in [-0.2, 0) is 4.79 Å². The summed E-state index contributed by atoms with van der Waals surface area (Å²) in [5.74, 6) is 0.551. The van der Waals surface area contributed by atoms with Crippen molar-refractivity contribution in [1.29, 1.82) is 5.41 Å². The molecule has 0 saturated heterocycles. The number of amides is 1. The molecule has 2 aliphatic rings. The molecule has 0 spiro atoms. The van der Waals surface area contributed by atoms with Gasteiger partial charge in [0.25, 0.3) is 5.91 Å². The smallest absolute Gasteiger partial charge is 0.283 e. The maximum Gasteiger partial charge on any atom is 0.283 e. The van der Waals surface area contributed by atoms with E-state index in [0.717, 1.165) is 32.8 Å². The van der Waals surface area contributed by atoms with Crippen molar-refractivity contribution >= 4 is 50.9 Å². The van der Waals surface area contributed by atoms with Crippen molar-refractivity contribution in [3.05, 3.63) is 57.9 Å². The number of carbonyl (C=O) groups excluding carboxylic acids is 1. The van der Waals surface area contributed by atoms with Crippen molar-refractivity contribution in [3.8, 4) is 5.69 Å². The molecule has 6 nitrogen and oxygen atoms in total. The first-order valence-corrected chi connectivity index (χ1v) is 11.5. The predicted molar refractivity (Wildman–Crippen MR) is 128 cm³/mol. The van der Waals surface area contributed by atoms with E-state index in [0.29, 0.717) is 5.17 Å². The van der Waals surface area contributed by atoms with Gasteiger partial charge in [0.05, 0.1) is 5.57 Å². The third kappa shape index (κ3) is 3.44. The van der Waals surface area contributed by atoms with Crippen LogP contribution in [0.5, 0.6) is 0 Å². The number of aliphatic imine (C=N–C) groups is 1. The van der Waals surface area contributed by atoms with E-state index in [1.165, 1.54) is 27.9 Å². The van der Waals surface area contributed by atoms with Crippen LogP contribution in [0.2, 0.25) is 0 Å². The van der Waals surface area contributed by atoms with Gasteiger partial charge in [-0.15, -0.1) is 5.10 Å². The lowest BCUT2D eigenvalue weighted by Crippen LogP contribution is -2.35. The van der Waals surface area contributed by atoms with E-state index in [-0.39, 0.29) is 11.4 Å². The van der Waals surface area contributed by atoms with E-state index >= 15 is 0 Å². The first-order valence-electron chi connectivity index (χ1n) is 9.70. The van der Waals surface area contributed by atoms with Gasteiger partial charge >= 0.3 is 0 Å². The number of thioether (sulfide) groups is 2. The van der Waals surface area contributed by atoms with E-state index < -0.39 is 5.91 Å². The normalized spacial score (nSPS) is 17.5. The number of aromatic nitrogens is 1. The van der Waals surface area contributed by atoms with Gasteiger partial charge in [-0.25, -0.2) is 0 Å². The van der Waals surface area contributed by atoms with Crippen LogP contribution in [0.15, 0.2) is 39.9 Å². The van der Waals surface area contributed by atoms with Crippen molar-refractivity contribution in [3.63, 3.8) is 0 Å². The fourth-order valence-corrected chi connectivity index (χ4v) is 5.42. The molecule has 1 aromatic heterocycles. The number of amidine groups is 2. The molecule has 1 aromatic carbocycles. The van der Waals surface area contributed by atoms with Crippen molar-refractivity contribution < 1.29 is 4.79 Å². The Balaban J connectivity index is 1.75. The number of nitrogens with zero attached hydrogens (tertiary/aromatic N) is 4. The number of fused-ring (bicyclic) bond motifs is 1. The molecule has 0 saturated carbocycles. The van der Waals surface area contributed by atoms with Crippen LogP contribution in [0.3, 0.4) is 0 Å². The van der Waals surface area contributed by atoms with Gasteiger partial charge in [0.1, 0.15) is 0 Å². The lowest BCUT2D eigenvalue weighted by molar-refractivity contribution is -0.114. The van der Waals surface area contributed by atoms with Gasteiger partial charge in [-0.2, -0.15) is 10.0 Å². The number of nitrogens with one attached hydrogen (secondary N) is 1. The summed E-state index contributed by atoms with van der Waals surface area (Å²) >= 11 is 2.92. The predicted octanol–water partition coefficient (Wildman–Crippen LogP) is 5.04. The molecule has 0 unspecified atom stereocenters. The first kappa shape index (κ1) is 20.7. The van der Waals surface area contributed by atoms with Gasteiger partial charge in [0, 0.05) is 17.1 Å². The number of hydrogen-bond acceptors (Lipinski definition) is 5. The Hall–Kier alpha value is -2.58. The fraction of sp³-hybridized carbons (Fsp3) is 0.273. The second-order valence-electron chi connectivity index (χ2n) is 7.20. The molecular weight excluding hydrogens is 414 g/mol. The Kier molecular flexibility index (Phi) is 5.46. The van der Waals surface area contributed by atoms with Crippen molar-refractivity contribution in [2.45, 2.75) is 34.6 Å². The molecule has 0 atom stereocenters. The highest BCUT2D eigenvalue weighted by molar-refractivity contribution is 8.45. The summed E-state index contributed by atoms with van der Waals surface area (Å²) in [4.78, 5) is 16.9. The Morgan fingerprint density at radius 3 is 2.73 bits per heavy atom. The largest absolute Gasteiger partial charge is 0.318 e. The minimum absolute atomic E-state index is 0.0701. The van der Waals surface area contributed by atoms with Gasteiger partial charge in [0.15, 0.2) is 10.2 Å². The number of hydrogen-bond donors (Lipinski definition) is 1. The Morgan fingerprint density at radius 1 is 1.23 bits per heavy atom. The minimum Gasteiger partial charge on any atom is -0.318 e. The van der Waals surface area contributed by atoms with Crippen LogP contribution in [0, 0.1) is 33.1 Å². The van der Waals surface area contributed by atoms with Crippen LogP contribution in [-0.4, -0.2) is 36.6 Å². The van der Waals surface area contributed by atoms with Gasteiger partial charge in [-0.1, -0.05) is 30.8 Å². The van der Waals surface area contributed by atoms with E-state index in [2.05, 4.69) is 53.6 Å². The highest BCUT2D eigenvalue weighted by Crippen LogP contribution is 2.33. The Morgan fingerprint density at radius 2 is 2.00 bits per heavy atom. The zero-order chi connectivity index (χ0) is 21.6. The zero-order valence-corrected chi connectivity index (χ0v) is 19.2. The molecule has 30 heavy (non-hydrogen) atoms. The number of hydrazone groups is 1. The number of aryl methyl sites for hydroxylation is 2. The maximum absolute atomic E-state index is 12.7. The van der Waals surface area contributed by atoms with Crippen LogP contribution >= 0.6 is 23.5 Å². The third-order valence-electron chi connectivity index (χ3n) is 5.29. The van der Waals surface area contributed by atoms with Crippen molar-refractivity contribution in [2.24, 2.45) is 10.1 Å². The molecular formula is C22H23N5OS2. The lowest BCUT2D eigenvalue weighted by Gasteiger charge is -2.20. The summed E-state index contributed by atoms with van der Waals surface area (Å²) in [5, 5.41) is 14.9. The molecule has 1 N–H and O–H groups in total. The van der Waals surface area contributed by atoms with E-state index in [9.17, 15) is 4.79 Å². The summed E-state index contributed by atoms with van der Waals surface area (Å²) in [6, 6.07) is 8.31. The van der Waals surface area contributed by atoms with Crippen molar-refractivity contribution in [1.82, 2.24) is 9.58 Å². The SMILES string of the molecule is CCSC1=NN2C(=N)C(=Cc3cc(C)n(-c4cccc(C)c4C)c3C)C(=O)N=C2S1. The summed E-state index contributed by atoms with van der Waals surface area (Å²) < 4.78 is 3.00. The maximum atomic E-state index is 12.7. The molecule has 4 rings (SSSR count). The summed E-state index contributed by atoms with van der Waals surface area (Å²) in [7, 11) is 0. The van der Waals surface area contributed by atoms with E-state index in [1.54, 1.807) is 17.8 Å². The summed E-state index contributed by atoms with van der Waals surface area (Å²) in [6.45, 7) is 10.4. The highest BCUT2D eigenvalue weighted by atomic mass is 32.2. The van der Waals surface area contributed by atoms with Gasteiger partial charge in [0.2, 0.25) is 5.17 Å². The Bertz CT molecular complexity index is 1170. The van der Waals surface area contributed by atoms with Crippen LogP contribution in [0.4, 0.5) is 0 Å². The quantitative estimate of drug-likeness (QED) is 0.683. The van der Waals surface area contributed by atoms with Gasteiger partial charge in [-0.05, 0) is 80.1 Å². The van der Waals surface area contributed by atoms with Crippen LogP contribution < -0.4 is 0 Å².